The van der Waals surface area contributed by atoms with Crippen LogP contribution in [-0.2, 0) is 9.59 Å². The highest BCUT2D eigenvalue weighted by molar-refractivity contribution is 6.01. The Kier molecular flexibility index (Phi) is 4.84. The number of amides is 2. The highest BCUT2D eigenvalue weighted by atomic mass is 16.5. The van der Waals surface area contributed by atoms with E-state index in [0.717, 1.165) is 24.1 Å². The number of carbonyl (C=O) groups excluding carboxylic acids is 2. The molecule has 3 saturated heterocycles. The summed E-state index contributed by atoms with van der Waals surface area (Å²) in [7, 11) is 3.52. The fourth-order valence-electron chi connectivity index (χ4n) is 4.93. The number of hydrogen-bond acceptors (Lipinski definition) is 4. The smallest absolute Gasteiger partial charge is 0.228 e. The molecule has 0 aliphatic carbocycles. The Labute approximate surface area is 160 Å². The molecule has 3 unspecified atom stereocenters. The minimum absolute atomic E-state index is 0.00368. The van der Waals surface area contributed by atoms with Crippen LogP contribution in [0.5, 0.6) is 5.75 Å². The standard InChI is InChI=1S/C21H29N3O3/c1-13-4-7-19(27-3)18(8-13)24-12-14(9-20(24)25)21(26)23(2)17-10-15-5-6-16(11-17)22-15/h4,7-8,14-17,22H,5-6,9-12H2,1-3H3. The number of nitrogens with zero attached hydrogens (tertiary/aromatic N) is 2. The Morgan fingerprint density at radius 2 is 1.96 bits per heavy atom. The molecule has 3 heterocycles. The molecule has 4 rings (SSSR count). The van der Waals surface area contributed by atoms with Gasteiger partial charge in [0, 0.05) is 38.1 Å². The van der Waals surface area contributed by atoms with Crippen molar-refractivity contribution in [1.82, 2.24) is 10.2 Å². The molecule has 0 spiro atoms. The number of fused-ring (bicyclic) bond motifs is 2. The van der Waals surface area contributed by atoms with Gasteiger partial charge in [-0.25, -0.2) is 0 Å². The molecule has 27 heavy (non-hydrogen) atoms. The Bertz CT molecular complexity index is 738. The summed E-state index contributed by atoms with van der Waals surface area (Å²) >= 11 is 0. The highest BCUT2D eigenvalue weighted by Crippen LogP contribution is 2.35. The largest absolute Gasteiger partial charge is 0.495 e. The molecule has 2 bridgehead atoms. The number of hydrogen-bond donors (Lipinski definition) is 1. The predicted octanol–water partition coefficient (Wildman–Crippen LogP) is 2.10. The molecule has 3 aliphatic heterocycles. The van der Waals surface area contributed by atoms with Gasteiger partial charge in [0.15, 0.2) is 0 Å². The van der Waals surface area contributed by atoms with Crippen LogP contribution in [-0.4, -0.2) is 55.5 Å². The quantitative estimate of drug-likeness (QED) is 0.880. The fourth-order valence-corrected chi connectivity index (χ4v) is 4.93. The lowest BCUT2D eigenvalue weighted by molar-refractivity contribution is -0.137. The molecule has 2 amide bonds. The van der Waals surface area contributed by atoms with Crippen LogP contribution >= 0.6 is 0 Å². The summed E-state index contributed by atoms with van der Waals surface area (Å²) in [4.78, 5) is 29.4. The number of methoxy groups -OCH3 is 1. The second kappa shape index (κ2) is 7.15. The van der Waals surface area contributed by atoms with Gasteiger partial charge in [0.2, 0.25) is 11.8 Å². The van der Waals surface area contributed by atoms with E-state index in [1.807, 2.05) is 37.1 Å². The summed E-state index contributed by atoms with van der Waals surface area (Å²) in [5.74, 6) is 0.491. The molecule has 0 aromatic heterocycles. The van der Waals surface area contributed by atoms with Crippen molar-refractivity contribution in [2.45, 2.75) is 57.2 Å². The van der Waals surface area contributed by atoms with Crippen LogP contribution in [0, 0.1) is 12.8 Å². The molecule has 6 nitrogen and oxygen atoms in total. The maximum atomic E-state index is 13.1. The minimum atomic E-state index is -0.278. The Hall–Kier alpha value is -2.08. The second-order valence-corrected chi connectivity index (χ2v) is 8.29. The maximum absolute atomic E-state index is 13.1. The van der Waals surface area contributed by atoms with E-state index in [1.165, 1.54) is 12.8 Å². The summed E-state index contributed by atoms with van der Waals surface area (Å²) in [5, 5.41) is 3.62. The second-order valence-electron chi connectivity index (χ2n) is 8.29. The van der Waals surface area contributed by atoms with Crippen LogP contribution in [0.15, 0.2) is 18.2 Å². The van der Waals surface area contributed by atoms with E-state index >= 15 is 0 Å². The van der Waals surface area contributed by atoms with Gasteiger partial charge in [-0.1, -0.05) is 6.07 Å². The van der Waals surface area contributed by atoms with Crippen LogP contribution in [0.3, 0.4) is 0 Å². The van der Waals surface area contributed by atoms with Crippen LogP contribution in [0.4, 0.5) is 5.69 Å². The number of carbonyl (C=O) groups is 2. The van der Waals surface area contributed by atoms with Crippen molar-refractivity contribution < 1.29 is 14.3 Å². The number of ether oxygens (including phenoxy) is 1. The van der Waals surface area contributed by atoms with E-state index in [9.17, 15) is 9.59 Å². The monoisotopic (exact) mass is 371 g/mol. The molecule has 6 heteroatoms. The van der Waals surface area contributed by atoms with Crippen molar-refractivity contribution in [3.63, 3.8) is 0 Å². The van der Waals surface area contributed by atoms with Crippen LogP contribution < -0.4 is 15.0 Å². The lowest BCUT2D eigenvalue weighted by Gasteiger charge is -2.36. The Morgan fingerprint density at radius 3 is 2.63 bits per heavy atom. The lowest BCUT2D eigenvalue weighted by atomic mass is 9.97. The van der Waals surface area contributed by atoms with Crippen LogP contribution in [0.25, 0.3) is 0 Å². The first-order chi connectivity index (χ1) is 13.0. The predicted molar refractivity (Wildman–Crippen MR) is 104 cm³/mol. The molecule has 146 valence electrons. The number of anilines is 1. The van der Waals surface area contributed by atoms with E-state index in [-0.39, 0.29) is 30.2 Å². The topological polar surface area (TPSA) is 61.9 Å². The SMILES string of the molecule is COc1ccc(C)cc1N1CC(C(=O)N(C)C2CC3CCC(C2)N3)CC1=O. The molecule has 0 radical (unpaired) electrons. The van der Waals surface area contributed by atoms with Gasteiger partial charge in [-0.2, -0.15) is 0 Å². The van der Waals surface area contributed by atoms with Gasteiger partial charge in [0.1, 0.15) is 5.75 Å². The lowest BCUT2D eigenvalue weighted by Crippen LogP contribution is -2.50. The van der Waals surface area contributed by atoms with Gasteiger partial charge >= 0.3 is 0 Å². The fraction of sp³-hybridized carbons (Fsp3) is 0.619. The molecule has 0 saturated carbocycles. The molecular formula is C21H29N3O3. The third-order valence-electron chi connectivity index (χ3n) is 6.44. The van der Waals surface area contributed by atoms with Crippen molar-refractivity contribution in [2.24, 2.45) is 5.92 Å². The zero-order chi connectivity index (χ0) is 19.1. The molecule has 1 aromatic rings. The van der Waals surface area contributed by atoms with Crippen molar-refractivity contribution in [2.75, 3.05) is 25.6 Å². The summed E-state index contributed by atoms with van der Waals surface area (Å²) in [6, 6.07) is 7.17. The van der Waals surface area contributed by atoms with Gasteiger partial charge in [-0.3, -0.25) is 9.59 Å². The van der Waals surface area contributed by atoms with E-state index in [2.05, 4.69) is 5.32 Å². The number of benzene rings is 1. The highest BCUT2D eigenvalue weighted by Gasteiger charge is 2.41. The van der Waals surface area contributed by atoms with Crippen LogP contribution in [0.1, 0.15) is 37.7 Å². The number of piperidine rings is 1. The summed E-state index contributed by atoms with van der Waals surface area (Å²) in [5.41, 5.74) is 1.83. The van der Waals surface area contributed by atoms with Gasteiger partial charge in [-0.05, 0) is 50.3 Å². The van der Waals surface area contributed by atoms with Crippen molar-refractivity contribution in [3.8, 4) is 5.75 Å². The summed E-state index contributed by atoms with van der Waals surface area (Å²) in [6.07, 6.45) is 4.75. The third kappa shape index (κ3) is 3.43. The van der Waals surface area contributed by atoms with Gasteiger partial charge in [0.25, 0.3) is 0 Å². The third-order valence-corrected chi connectivity index (χ3v) is 6.44. The first-order valence-electron chi connectivity index (χ1n) is 9.94. The molecule has 1 N–H and O–H groups in total. The normalized spacial score (nSPS) is 29.9. The molecule has 3 fully saturated rings. The van der Waals surface area contributed by atoms with Gasteiger partial charge < -0.3 is 19.9 Å². The maximum Gasteiger partial charge on any atom is 0.228 e. The van der Waals surface area contributed by atoms with Crippen molar-refractivity contribution in [3.05, 3.63) is 23.8 Å². The average Bonchev–Trinajstić information content (AvgIpc) is 3.22. The van der Waals surface area contributed by atoms with Crippen molar-refractivity contribution in [1.29, 1.82) is 0 Å². The average molecular weight is 371 g/mol. The number of nitrogens with one attached hydrogen (secondary N) is 1. The number of aryl methyl sites for hydroxylation is 1. The summed E-state index contributed by atoms with van der Waals surface area (Å²) in [6.45, 7) is 2.42. The molecule has 3 aliphatic rings. The zero-order valence-corrected chi connectivity index (χ0v) is 16.4. The number of rotatable bonds is 4. The Balaban J connectivity index is 1.47. The van der Waals surface area contributed by atoms with E-state index in [4.69, 9.17) is 4.74 Å². The van der Waals surface area contributed by atoms with E-state index in [0.29, 0.717) is 24.4 Å². The zero-order valence-electron chi connectivity index (χ0n) is 16.4. The van der Waals surface area contributed by atoms with Crippen LogP contribution in [0.2, 0.25) is 0 Å². The Morgan fingerprint density at radius 1 is 1.26 bits per heavy atom. The first-order valence-corrected chi connectivity index (χ1v) is 9.94. The van der Waals surface area contributed by atoms with Gasteiger partial charge in [0.05, 0.1) is 18.7 Å². The van der Waals surface area contributed by atoms with E-state index in [1.54, 1.807) is 12.0 Å². The molecular weight excluding hydrogens is 342 g/mol. The summed E-state index contributed by atoms with van der Waals surface area (Å²) < 4.78 is 5.43. The molecule has 3 atom stereocenters. The minimum Gasteiger partial charge on any atom is -0.495 e. The van der Waals surface area contributed by atoms with Gasteiger partial charge in [-0.15, -0.1) is 0 Å². The first kappa shape index (κ1) is 18.3. The van der Waals surface area contributed by atoms with Crippen molar-refractivity contribution >= 4 is 17.5 Å². The molecule has 1 aromatic carbocycles. The van der Waals surface area contributed by atoms with E-state index < -0.39 is 0 Å².